The number of benzene rings is 4. The van der Waals surface area contributed by atoms with Crippen LogP contribution in [0.5, 0.6) is 17.2 Å². The third kappa shape index (κ3) is 14.8. The number of isothiocyanates is 1. The molecule has 2 N–H and O–H groups in total. The van der Waals surface area contributed by atoms with Crippen molar-refractivity contribution in [3.8, 4) is 62.3 Å². The molecule has 71 heavy (non-hydrogen) atoms. The van der Waals surface area contributed by atoms with Gasteiger partial charge in [-0.25, -0.2) is 4.98 Å². The maximum absolute atomic E-state index is 12.7. The van der Waals surface area contributed by atoms with Crippen LogP contribution in [0.15, 0.2) is 182 Å². The Balaban J connectivity index is 0.000000263. The maximum atomic E-state index is 12.7. The number of nitrogens with zero attached hydrogens (tertiary/aromatic N) is 6. The molecule has 0 atom stereocenters. The summed E-state index contributed by atoms with van der Waals surface area (Å²) in [5, 5.41) is 15.6. The Hall–Kier alpha value is -8.89. The molecule has 0 spiro atoms. The Labute approximate surface area is 422 Å². The van der Waals surface area contributed by atoms with Crippen LogP contribution in [0, 0.1) is 5.41 Å². The number of alkyl halides is 3. The number of ether oxygens (including phenoxy) is 3. The Bertz CT molecular complexity index is 3080. The summed E-state index contributed by atoms with van der Waals surface area (Å²) in [7, 11) is 0. The number of aromatic nitrogens is 4. The first-order valence-corrected chi connectivity index (χ1v) is 20.8. The Morgan fingerprint density at radius 3 is 1.46 bits per heavy atom. The first-order valence-electron chi connectivity index (χ1n) is 20.4. The minimum absolute atomic E-state index is 0. The smallest absolute Gasteiger partial charge is 0.753 e. The van der Waals surface area contributed by atoms with Gasteiger partial charge in [0.1, 0.15) is 23.0 Å². The maximum Gasteiger partial charge on any atom is 2.00 e. The van der Waals surface area contributed by atoms with Crippen molar-refractivity contribution in [2.75, 3.05) is 4.90 Å². The van der Waals surface area contributed by atoms with Crippen molar-refractivity contribution in [2.24, 2.45) is 0 Å². The summed E-state index contributed by atoms with van der Waals surface area (Å²) in [6.45, 7) is 0.875. The standard InChI is InChI=1S/C33H24F3N4.C18H11N3O6.CNS.Ru/c34-33(35,36)32(38)22-30(37)31-21-26(19-20-39-31)25-13-17-29(18-14-25)40(27-9-5-2-6-10-27)28-15-11-24(12-16-28)23-7-3-1-4-8-23;22-9-25-12-1-3-19-15(5-12)17-7-14(27-11-24)8-18(21-17)16-6-13(26-10-23)2-4-20-16;2-1-3;/h1-22,37-38H;1-11H;;/q-1;;-1;+2/b30-22-,38-32?;;;. The molecule has 354 valence electrons. The van der Waals surface area contributed by atoms with Crippen LogP contribution in [0.4, 0.5) is 30.2 Å². The molecular weight excluding hydrogens is 1020 g/mol. The largest absolute Gasteiger partial charge is 2.00 e. The van der Waals surface area contributed by atoms with Crippen molar-refractivity contribution in [3.63, 3.8) is 0 Å². The monoisotopic (exact) mass is 1060 g/mol. The molecule has 8 rings (SSSR count). The van der Waals surface area contributed by atoms with E-state index in [1.54, 1.807) is 12.1 Å². The third-order valence-corrected chi connectivity index (χ3v) is 9.67. The van der Waals surface area contributed by atoms with Crippen LogP contribution < -0.4 is 19.1 Å². The van der Waals surface area contributed by atoms with Crippen LogP contribution in [0.2, 0.25) is 0 Å². The van der Waals surface area contributed by atoms with Gasteiger partial charge in [-0.1, -0.05) is 85.0 Å². The number of halogens is 3. The zero-order valence-corrected chi connectivity index (χ0v) is 39.1. The molecule has 0 unspecified atom stereocenters. The molecule has 0 aliphatic heterocycles. The normalized spacial score (nSPS) is 10.5. The van der Waals surface area contributed by atoms with E-state index in [1.165, 1.54) is 60.1 Å². The summed E-state index contributed by atoms with van der Waals surface area (Å²) in [4.78, 5) is 50.8. The number of carbonyl (C=O) groups excluding carboxylic acids is 3. The van der Waals surface area contributed by atoms with Crippen molar-refractivity contribution >= 4 is 65.3 Å². The molecule has 0 bridgehead atoms. The summed E-state index contributed by atoms with van der Waals surface area (Å²) in [6, 6.07) is 48.6. The van der Waals surface area contributed by atoms with Gasteiger partial charge in [-0.05, 0) is 89.0 Å². The summed E-state index contributed by atoms with van der Waals surface area (Å²) < 4.78 is 52.8. The number of carbonyl (C=O) groups is 3. The van der Waals surface area contributed by atoms with E-state index < -0.39 is 17.6 Å². The number of rotatable bonds is 15. The number of hydrogen-bond donors (Lipinski definition) is 1. The topological polar surface area (TPSA) is 204 Å². The number of nitrogens with one attached hydrogen (secondary N) is 2. The summed E-state index contributed by atoms with van der Waals surface area (Å²) in [5.41, 5.74) is 14.1. The van der Waals surface area contributed by atoms with Gasteiger partial charge < -0.3 is 30.3 Å². The van der Waals surface area contributed by atoms with E-state index in [1.807, 2.05) is 72.8 Å². The average molecular weight is 1060 g/mol. The first-order chi connectivity index (χ1) is 33.9. The van der Waals surface area contributed by atoms with E-state index in [4.69, 9.17) is 30.8 Å². The van der Waals surface area contributed by atoms with E-state index in [0.717, 1.165) is 33.8 Å². The Morgan fingerprint density at radius 1 is 0.577 bits per heavy atom. The number of para-hydroxylation sites is 1. The molecule has 0 fully saturated rings. The Morgan fingerprint density at radius 2 is 0.986 bits per heavy atom. The zero-order valence-electron chi connectivity index (χ0n) is 36.6. The van der Waals surface area contributed by atoms with E-state index in [9.17, 15) is 27.6 Å². The van der Waals surface area contributed by atoms with Gasteiger partial charge in [0.25, 0.3) is 19.4 Å². The van der Waals surface area contributed by atoms with E-state index >= 15 is 0 Å². The molecule has 0 saturated carbocycles. The third-order valence-electron chi connectivity index (χ3n) is 9.67. The van der Waals surface area contributed by atoms with E-state index in [0.29, 0.717) is 47.4 Å². The fourth-order valence-corrected chi connectivity index (χ4v) is 6.57. The van der Waals surface area contributed by atoms with Gasteiger partial charge in [0.2, 0.25) is 0 Å². The van der Waals surface area contributed by atoms with Crippen molar-refractivity contribution in [3.05, 3.63) is 199 Å². The molecule has 0 aliphatic rings. The molecule has 4 aromatic heterocycles. The van der Waals surface area contributed by atoms with Crippen molar-refractivity contribution in [2.45, 2.75) is 6.18 Å². The molecule has 0 saturated heterocycles. The molecule has 0 amide bonds. The quantitative estimate of drug-likeness (QED) is 0.0441. The van der Waals surface area contributed by atoms with Gasteiger partial charge in [0.05, 0.1) is 22.8 Å². The van der Waals surface area contributed by atoms with Crippen LogP contribution in [-0.2, 0) is 33.9 Å². The molecule has 4 heterocycles. The number of thiocarbonyl (C=S) groups is 1. The van der Waals surface area contributed by atoms with E-state index in [-0.39, 0.29) is 48.9 Å². The second-order valence-corrected chi connectivity index (χ2v) is 14.3. The van der Waals surface area contributed by atoms with Crippen molar-refractivity contribution in [1.82, 2.24) is 19.9 Å². The number of hydrogen-bond acceptors (Lipinski definition) is 13. The van der Waals surface area contributed by atoms with Crippen molar-refractivity contribution < 1.29 is 61.2 Å². The minimum Gasteiger partial charge on any atom is -0.753 e. The van der Waals surface area contributed by atoms with Crippen LogP contribution in [0.3, 0.4) is 0 Å². The second kappa shape index (κ2) is 26.0. The van der Waals surface area contributed by atoms with Gasteiger partial charge in [0, 0.05) is 65.6 Å². The SMILES string of the molecule is N=C(/C=C(\[NH-])c1cc(-c2ccc(N(c3ccccc3)c3ccc(-c4ccccc4)cc3)cc2)ccn1)C(F)(F)F.O=COc1ccnc(-c2cc(OC=O)cc(-c3cc(OC=O)ccn3)n2)c1.[N-]=C=S.[Ru+2]. The number of allylic oxidation sites excluding steroid dienone is 1. The van der Waals surface area contributed by atoms with Gasteiger partial charge in [-0.15, -0.1) is 5.70 Å². The minimum atomic E-state index is -4.81. The van der Waals surface area contributed by atoms with E-state index in [2.05, 4.69) is 73.5 Å². The van der Waals surface area contributed by atoms with Gasteiger partial charge in [-0.2, -0.15) is 18.3 Å². The molecule has 0 aliphatic carbocycles. The predicted octanol–water partition coefficient (Wildman–Crippen LogP) is 12.3. The number of pyridine rings is 4. The Kier molecular flexibility index (Phi) is 19.5. The van der Waals surface area contributed by atoms with Crippen molar-refractivity contribution in [1.29, 1.82) is 5.41 Å². The summed E-state index contributed by atoms with van der Waals surface area (Å²) in [6.07, 6.45) is -0.00980. The first kappa shape index (κ1) is 53.1. The van der Waals surface area contributed by atoms with Crippen LogP contribution in [0.25, 0.3) is 61.9 Å². The van der Waals surface area contributed by atoms with Crippen LogP contribution >= 0.6 is 12.2 Å². The second-order valence-electron chi connectivity index (χ2n) is 14.1. The molecule has 14 nitrogen and oxygen atoms in total. The summed E-state index contributed by atoms with van der Waals surface area (Å²) in [5.74, 6) is 0.760. The molecule has 4 aromatic carbocycles. The predicted molar refractivity (Wildman–Crippen MR) is 263 cm³/mol. The average Bonchev–Trinajstić information content (AvgIpc) is 3.38. The fraction of sp³-hybridized carbons (Fsp3) is 0.0192. The molecule has 8 aromatic rings. The molecule has 0 radical (unpaired) electrons. The van der Waals surface area contributed by atoms with Crippen LogP contribution in [-0.4, -0.2) is 56.4 Å². The molecular formula is C52H35F3N8O6RuS. The molecule has 19 heteroatoms. The fourth-order valence-electron chi connectivity index (χ4n) is 6.57. The zero-order chi connectivity index (χ0) is 49.9. The van der Waals surface area contributed by atoms with Crippen LogP contribution in [0.1, 0.15) is 5.69 Å². The van der Waals surface area contributed by atoms with Gasteiger partial charge in [0.15, 0.2) is 0 Å². The van der Waals surface area contributed by atoms with Gasteiger partial charge in [-0.3, -0.25) is 34.7 Å². The van der Waals surface area contributed by atoms with Gasteiger partial charge >= 0.3 is 25.7 Å². The summed E-state index contributed by atoms with van der Waals surface area (Å²) >= 11 is 3.70. The number of anilines is 3.